The fourth-order valence-corrected chi connectivity index (χ4v) is 2.68. The monoisotopic (exact) mass is 304 g/mol. The highest BCUT2D eigenvalue weighted by Crippen LogP contribution is 2.21. The van der Waals surface area contributed by atoms with Gasteiger partial charge in [-0.2, -0.15) is 11.8 Å². The van der Waals surface area contributed by atoms with Crippen LogP contribution in [0.5, 0.6) is 0 Å². The lowest BCUT2D eigenvalue weighted by Gasteiger charge is -2.11. The van der Waals surface area contributed by atoms with E-state index in [2.05, 4.69) is 58.2 Å². The van der Waals surface area contributed by atoms with Gasteiger partial charge >= 0.3 is 0 Å². The summed E-state index contributed by atoms with van der Waals surface area (Å²) in [5.41, 5.74) is 3.89. The van der Waals surface area contributed by atoms with E-state index in [0.29, 0.717) is 0 Å². The molecule has 114 valence electrons. The molecular formula is C16H24N4S. The van der Waals surface area contributed by atoms with Crippen LogP contribution in [0.25, 0.3) is 10.9 Å². The number of nitrogens with one attached hydrogen (secondary N) is 3. The second-order valence-corrected chi connectivity index (χ2v) is 5.97. The minimum Gasteiger partial charge on any atom is -0.361 e. The molecule has 0 amide bonds. The van der Waals surface area contributed by atoms with Crippen molar-refractivity contribution in [2.24, 2.45) is 4.99 Å². The van der Waals surface area contributed by atoms with Crippen LogP contribution in [0.2, 0.25) is 0 Å². The van der Waals surface area contributed by atoms with Crippen molar-refractivity contribution in [2.75, 3.05) is 32.1 Å². The Morgan fingerprint density at radius 3 is 2.86 bits per heavy atom. The second-order valence-electron chi connectivity index (χ2n) is 4.98. The normalized spacial score (nSPS) is 11.9. The molecule has 0 aliphatic heterocycles. The highest BCUT2D eigenvalue weighted by Gasteiger charge is 2.05. The number of hydrogen-bond donors (Lipinski definition) is 3. The first-order valence-electron chi connectivity index (χ1n) is 7.25. The first-order chi connectivity index (χ1) is 10.3. The molecule has 0 saturated carbocycles. The number of aryl methyl sites for hydroxylation is 1. The molecule has 1 aromatic heterocycles. The van der Waals surface area contributed by atoms with E-state index in [-0.39, 0.29) is 0 Å². The van der Waals surface area contributed by atoms with Gasteiger partial charge < -0.3 is 15.6 Å². The Bertz CT molecular complexity index is 603. The van der Waals surface area contributed by atoms with Crippen molar-refractivity contribution in [3.63, 3.8) is 0 Å². The molecule has 0 spiro atoms. The summed E-state index contributed by atoms with van der Waals surface area (Å²) in [5.74, 6) is 1.96. The fraction of sp³-hybridized carbons (Fsp3) is 0.438. The molecule has 0 atom stereocenters. The Kier molecular flexibility index (Phi) is 5.99. The van der Waals surface area contributed by atoms with Crippen molar-refractivity contribution < 1.29 is 0 Å². The molecule has 5 heteroatoms. The van der Waals surface area contributed by atoms with Crippen molar-refractivity contribution in [3.8, 4) is 0 Å². The molecule has 2 aromatic rings. The van der Waals surface area contributed by atoms with Crippen LogP contribution in [0.4, 0.5) is 0 Å². The number of rotatable bonds is 6. The lowest BCUT2D eigenvalue weighted by molar-refractivity contribution is 0.814. The van der Waals surface area contributed by atoms with Crippen molar-refractivity contribution in [1.82, 2.24) is 15.6 Å². The van der Waals surface area contributed by atoms with Crippen molar-refractivity contribution in [1.29, 1.82) is 0 Å². The average Bonchev–Trinajstić information content (AvgIpc) is 2.90. The summed E-state index contributed by atoms with van der Waals surface area (Å²) in [5, 5.41) is 7.99. The van der Waals surface area contributed by atoms with E-state index in [1.807, 2.05) is 18.8 Å². The third kappa shape index (κ3) is 4.17. The summed E-state index contributed by atoms with van der Waals surface area (Å²) in [4.78, 5) is 7.61. The third-order valence-electron chi connectivity index (χ3n) is 3.52. The van der Waals surface area contributed by atoms with Crippen LogP contribution in [-0.4, -0.2) is 43.1 Å². The van der Waals surface area contributed by atoms with Crippen molar-refractivity contribution >= 4 is 28.6 Å². The van der Waals surface area contributed by atoms with Crippen molar-refractivity contribution in [2.45, 2.75) is 13.3 Å². The molecule has 21 heavy (non-hydrogen) atoms. The van der Waals surface area contributed by atoms with Crippen LogP contribution in [0.15, 0.2) is 29.4 Å². The Balaban J connectivity index is 1.89. The van der Waals surface area contributed by atoms with E-state index < -0.39 is 0 Å². The predicted octanol–water partition coefficient (Wildman–Crippen LogP) is 2.55. The smallest absolute Gasteiger partial charge is 0.191 e. The van der Waals surface area contributed by atoms with Gasteiger partial charge in [-0.1, -0.05) is 18.2 Å². The molecule has 0 aliphatic rings. The van der Waals surface area contributed by atoms with Gasteiger partial charge in [-0.05, 0) is 30.7 Å². The number of hydrogen-bond acceptors (Lipinski definition) is 2. The van der Waals surface area contributed by atoms with Gasteiger partial charge in [0.15, 0.2) is 5.96 Å². The number of aromatic amines is 1. The molecule has 0 aliphatic carbocycles. The summed E-state index contributed by atoms with van der Waals surface area (Å²) in [6.45, 7) is 3.95. The number of nitrogens with zero attached hydrogens (tertiary/aromatic N) is 1. The Morgan fingerprint density at radius 1 is 1.29 bits per heavy atom. The largest absolute Gasteiger partial charge is 0.361 e. The topological polar surface area (TPSA) is 52.2 Å². The van der Waals surface area contributed by atoms with Gasteiger partial charge in [0.05, 0.1) is 0 Å². The van der Waals surface area contributed by atoms with Gasteiger partial charge in [0.2, 0.25) is 0 Å². The fourth-order valence-electron chi connectivity index (χ4n) is 2.38. The summed E-state index contributed by atoms with van der Waals surface area (Å²) in [7, 11) is 1.81. The lowest BCUT2D eigenvalue weighted by atomic mass is 10.1. The number of aliphatic imine (C=N–C) groups is 1. The summed E-state index contributed by atoms with van der Waals surface area (Å²) in [6, 6.07) is 6.43. The van der Waals surface area contributed by atoms with Gasteiger partial charge in [-0.25, -0.2) is 0 Å². The highest BCUT2D eigenvalue weighted by molar-refractivity contribution is 7.98. The molecule has 1 aromatic carbocycles. The first-order valence-corrected chi connectivity index (χ1v) is 8.64. The molecule has 0 fully saturated rings. The average molecular weight is 304 g/mol. The molecule has 0 saturated heterocycles. The maximum Gasteiger partial charge on any atom is 0.191 e. The molecule has 0 bridgehead atoms. The van der Waals surface area contributed by atoms with E-state index >= 15 is 0 Å². The van der Waals surface area contributed by atoms with E-state index in [1.54, 1.807) is 0 Å². The number of guanidine groups is 1. The first kappa shape index (κ1) is 15.8. The van der Waals surface area contributed by atoms with Crippen LogP contribution in [0.1, 0.15) is 11.1 Å². The maximum absolute atomic E-state index is 4.23. The zero-order valence-corrected chi connectivity index (χ0v) is 13.8. The van der Waals surface area contributed by atoms with E-state index in [9.17, 15) is 0 Å². The Labute approximate surface area is 130 Å². The molecular weight excluding hydrogens is 280 g/mol. The minimum atomic E-state index is 0.875. The van der Waals surface area contributed by atoms with Crippen LogP contribution in [-0.2, 0) is 6.42 Å². The SMILES string of the molecule is CN=C(NCCSC)NCCc1c[nH]c2c(C)cccc12. The molecule has 0 unspecified atom stereocenters. The van der Waals surface area contributed by atoms with E-state index in [1.165, 1.54) is 22.0 Å². The number of thioether (sulfide) groups is 1. The van der Waals surface area contributed by atoms with Crippen LogP contribution >= 0.6 is 11.8 Å². The minimum absolute atomic E-state index is 0.875. The Hall–Kier alpha value is -1.62. The molecule has 3 N–H and O–H groups in total. The van der Waals surface area contributed by atoms with Crippen molar-refractivity contribution in [3.05, 3.63) is 35.5 Å². The quantitative estimate of drug-likeness (QED) is 0.437. The van der Waals surface area contributed by atoms with E-state index in [4.69, 9.17) is 0 Å². The number of para-hydroxylation sites is 1. The zero-order chi connectivity index (χ0) is 15.1. The zero-order valence-electron chi connectivity index (χ0n) is 13.0. The number of H-pyrrole nitrogens is 1. The predicted molar refractivity (Wildman–Crippen MR) is 94.5 cm³/mol. The van der Waals surface area contributed by atoms with Gasteiger partial charge in [0, 0.05) is 43.0 Å². The lowest BCUT2D eigenvalue weighted by Crippen LogP contribution is -2.39. The van der Waals surface area contributed by atoms with Crippen LogP contribution in [0, 0.1) is 6.92 Å². The molecule has 4 nitrogen and oxygen atoms in total. The van der Waals surface area contributed by atoms with Gasteiger partial charge in [0.1, 0.15) is 0 Å². The molecule has 0 radical (unpaired) electrons. The molecule has 2 rings (SSSR count). The van der Waals surface area contributed by atoms with Crippen LogP contribution in [0.3, 0.4) is 0 Å². The number of fused-ring (bicyclic) bond motifs is 1. The second kappa shape index (κ2) is 7.98. The van der Waals surface area contributed by atoms with Gasteiger partial charge in [-0.15, -0.1) is 0 Å². The number of benzene rings is 1. The maximum atomic E-state index is 4.23. The van der Waals surface area contributed by atoms with Gasteiger partial charge in [0.25, 0.3) is 0 Å². The number of aromatic nitrogens is 1. The van der Waals surface area contributed by atoms with Gasteiger partial charge in [-0.3, -0.25) is 4.99 Å². The molecule has 1 heterocycles. The summed E-state index contributed by atoms with van der Waals surface area (Å²) in [6.07, 6.45) is 5.20. The highest BCUT2D eigenvalue weighted by atomic mass is 32.2. The summed E-state index contributed by atoms with van der Waals surface area (Å²) < 4.78 is 0. The standard InChI is InChI=1S/C16H24N4S/c1-12-5-4-6-14-13(11-20-15(12)14)7-8-18-16(17-2)19-9-10-21-3/h4-6,11,20H,7-10H2,1-3H3,(H2,17,18,19). The van der Waals surface area contributed by atoms with E-state index in [0.717, 1.165) is 31.2 Å². The Morgan fingerprint density at radius 2 is 2.10 bits per heavy atom. The third-order valence-corrected chi connectivity index (χ3v) is 4.13. The van der Waals surface area contributed by atoms with Crippen LogP contribution < -0.4 is 10.6 Å². The summed E-state index contributed by atoms with van der Waals surface area (Å²) >= 11 is 1.83.